The molecule has 17 heavy (non-hydrogen) atoms. The van der Waals surface area contributed by atoms with E-state index in [4.69, 9.17) is 0 Å². The molecule has 1 aromatic heterocycles. The third kappa shape index (κ3) is 1.07. The number of nitrogens with zero attached hydrogens (tertiary/aromatic N) is 2. The van der Waals surface area contributed by atoms with E-state index < -0.39 is 0 Å². The first-order valence-electron chi connectivity index (χ1n) is 5.96. The molecule has 1 aliphatic heterocycles. The fourth-order valence-electron chi connectivity index (χ4n) is 3.58. The summed E-state index contributed by atoms with van der Waals surface area (Å²) in [6.45, 7) is 4.53. The second kappa shape index (κ2) is 2.91. The minimum atomic E-state index is -0.234. The topological polar surface area (TPSA) is 17.8 Å². The van der Waals surface area contributed by atoms with Gasteiger partial charge in [0.25, 0.3) is 0 Å². The smallest absolute Gasteiger partial charge is 0.139 e. The van der Waals surface area contributed by atoms with E-state index in [0.717, 1.165) is 28.7 Å². The standard InChI is InChI=1S/C13H12BrFN2/c1-5-11-6(2)17-10-3-7(14)8(15)4-9(10)16-13(17)12(5)11/h3-6,11-12H,1-2H3/t5-,6?,11?,12?/m0/s1. The van der Waals surface area contributed by atoms with Gasteiger partial charge >= 0.3 is 0 Å². The van der Waals surface area contributed by atoms with E-state index in [1.165, 1.54) is 6.07 Å². The molecule has 1 fully saturated rings. The van der Waals surface area contributed by atoms with Gasteiger partial charge in [-0.15, -0.1) is 0 Å². The molecular formula is C13H12BrFN2. The van der Waals surface area contributed by atoms with Gasteiger partial charge in [-0.05, 0) is 40.8 Å². The summed E-state index contributed by atoms with van der Waals surface area (Å²) < 4.78 is 16.3. The van der Waals surface area contributed by atoms with Crippen LogP contribution >= 0.6 is 15.9 Å². The first kappa shape index (κ1) is 10.1. The Balaban J connectivity index is 2.04. The molecule has 4 atom stereocenters. The molecule has 88 valence electrons. The van der Waals surface area contributed by atoms with Crippen molar-refractivity contribution in [2.24, 2.45) is 11.8 Å². The minimum Gasteiger partial charge on any atom is -0.325 e. The van der Waals surface area contributed by atoms with Gasteiger partial charge in [0.05, 0.1) is 15.5 Å². The lowest BCUT2D eigenvalue weighted by molar-refractivity contribution is 0.494. The lowest BCUT2D eigenvalue weighted by Crippen LogP contribution is -2.06. The third-order valence-corrected chi connectivity index (χ3v) is 5.08. The first-order valence-corrected chi connectivity index (χ1v) is 6.75. The Hall–Kier alpha value is -0.900. The van der Waals surface area contributed by atoms with Crippen LogP contribution in [-0.2, 0) is 0 Å². The third-order valence-electron chi connectivity index (χ3n) is 4.47. The Bertz CT molecular complexity index is 648. The van der Waals surface area contributed by atoms with Gasteiger partial charge in [0, 0.05) is 18.0 Å². The van der Waals surface area contributed by atoms with Crippen molar-refractivity contribution < 1.29 is 4.39 Å². The van der Waals surface area contributed by atoms with Gasteiger partial charge in [-0.3, -0.25) is 0 Å². The molecule has 0 N–H and O–H groups in total. The zero-order chi connectivity index (χ0) is 11.9. The van der Waals surface area contributed by atoms with Crippen LogP contribution in [0.3, 0.4) is 0 Å². The maximum Gasteiger partial charge on any atom is 0.139 e. The second-order valence-corrected chi connectivity index (χ2v) is 6.15. The van der Waals surface area contributed by atoms with Crippen molar-refractivity contribution in [1.82, 2.24) is 9.55 Å². The largest absolute Gasteiger partial charge is 0.325 e. The summed E-state index contributed by atoms with van der Waals surface area (Å²) in [7, 11) is 0. The van der Waals surface area contributed by atoms with E-state index in [-0.39, 0.29) is 5.82 Å². The highest BCUT2D eigenvalue weighted by Crippen LogP contribution is 2.64. The molecule has 2 nitrogen and oxygen atoms in total. The van der Waals surface area contributed by atoms with Crippen LogP contribution in [0.15, 0.2) is 16.6 Å². The first-order chi connectivity index (χ1) is 8.09. The van der Waals surface area contributed by atoms with Crippen molar-refractivity contribution >= 4 is 27.0 Å². The Morgan fingerprint density at radius 3 is 2.88 bits per heavy atom. The average molecular weight is 295 g/mol. The van der Waals surface area contributed by atoms with Crippen molar-refractivity contribution in [2.45, 2.75) is 25.8 Å². The van der Waals surface area contributed by atoms with Crippen LogP contribution in [0.2, 0.25) is 0 Å². The normalized spacial score (nSPS) is 33.9. The van der Waals surface area contributed by atoms with Crippen LogP contribution in [0.25, 0.3) is 11.0 Å². The van der Waals surface area contributed by atoms with E-state index in [1.807, 2.05) is 6.07 Å². The number of fused-ring (bicyclic) bond motifs is 5. The molecule has 0 radical (unpaired) electrons. The Kier molecular flexibility index (Phi) is 1.72. The van der Waals surface area contributed by atoms with Crippen molar-refractivity contribution in [3.63, 3.8) is 0 Å². The van der Waals surface area contributed by atoms with Gasteiger partial charge < -0.3 is 4.57 Å². The van der Waals surface area contributed by atoms with Gasteiger partial charge in [-0.25, -0.2) is 9.37 Å². The van der Waals surface area contributed by atoms with Crippen LogP contribution in [0, 0.1) is 17.7 Å². The Labute approximate surface area is 107 Å². The van der Waals surface area contributed by atoms with Crippen molar-refractivity contribution in [1.29, 1.82) is 0 Å². The molecule has 2 heterocycles. The van der Waals surface area contributed by atoms with Gasteiger partial charge in [-0.1, -0.05) is 6.92 Å². The number of halogens is 2. The lowest BCUT2D eigenvalue weighted by Gasteiger charge is -2.13. The highest BCUT2D eigenvalue weighted by atomic mass is 79.9. The molecule has 4 heteroatoms. The lowest BCUT2D eigenvalue weighted by atomic mass is 10.2. The molecule has 1 aliphatic carbocycles. The molecule has 4 rings (SSSR count). The van der Waals surface area contributed by atoms with Gasteiger partial charge in [0.2, 0.25) is 0 Å². The maximum atomic E-state index is 13.5. The van der Waals surface area contributed by atoms with Crippen LogP contribution in [0.5, 0.6) is 0 Å². The Morgan fingerprint density at radius 1 is 1.35 bits per heavy atom. The van der Waals surface area contributed by atoms with E-state index in [9.17, 15) is 4.39 Å². The summed E-state index contributed by atoms with van der Waals surface area (Å²) in [6, 6.07) is 3.87. The van der Waals surface area contributed by atoms with Crippen LogP contribution < -0.4 is 0 Å². The predicted molar refractivity (Wildman–Crippen MR) is 67.5 cm³/mol. The summed E-state index contributed by atoms with van der Waals surface area (Å²) in [5.41, 5.74) is 1.84. The summed E-state index contributed by atoms with van der Waals surface area (Å²) >= 11 is 3.25. The van der Waals surface area contributed by atoms with Crippen molar-refractivity contribution in [3.05, 3.63) is 28.2 Å². The summed E-state index contributed by atoms with van der Waals surface area (Å²) in [4.78, 5) is 4.62. The predicted octanol–water partition coefficient (Wildman–Crippen LogP) is 3.86. The fourth-order valence-corrected chi connectivity index (χ4v) is 3.92. The molecule has 0 saturated heterocycles. The van der Waals surface area contributed by atoms with Crippen LogP contribution in [0.1, 0.15) is 31.6 Å². The average Bonchev–Trinajstić information content (AvgIpc) is 2.65. The molecule has 0 amide bonds. The fraction of sp³-hybridized carbons (Fsp3) is 0.462. The zero-order valence-corrected chi connectivity index (χ0v) is 11.2. The molecule has 3 unspecified atom stereocenters. The van der Waals surface area contributed by atoms with E-state index in [2.05, 4.69) is 39.3 Å². The minimum absolute atomic E-state index is 0.234. The van der Waals surface area contributed by atoms with E-state index >= 15 is 0 Å². The quantitative estimate of drug-likeness (QED) is 0.721. The number of imidazole rings is 1. The monoisotopic (exact) mass is 294 g/mol. The number of benzene rings is 1. The molecule has 2 aromatic rings. The molecule has 2 aliphatic rings. The van der Waals surface area contributed by atoms with Gasteiger partial charge in [0.15, 0.2) is 0 Å². The summed E-state index contributed by atoms with van der Waals surface area (Å²) in [5, 5.41) is 0. The van der Waals surface area contributed by atoms with Gasteiger partial charge in [0.1, 0.15) is 11.6 Å². The molecular weight excluding hydrogens is 283 g/mol. The summed E-state index contributed by atoms with van der Waals surface area (Å²) in [5.74, 6) is 3.00. The summed E-state index contributed by atoms with van der Waals surface area (Å²) in [6.07, 6.45) is 0. The number of hydrogen-bond donors (Lipinski definition) is 0. The van der Waals surface area contributed by atoms with E-state index in [0.29, 0.717) is 16.4 Å². The van der Waals surface area contributed by atoms with Gasteiger partial charge in [-0.2, -0.15) is 0 Å². The highest BCUT2D eigenvalue weighted by molar-refractivity contribution is 9.10. The van der Waals surface area contributed by atoms with Crippen molar-refractivity contribution in [3.8, 4) is 0 Å². The molecule has 1 saturated carbocycles. The molecule has 1 aromatic carbocycles. The number of hydrogen-bond acceptors (Lipinski definition) is 1. The number of rotatable bonds is 0. The highest BCUT2D eigenvalue weighted by Gasteiger charge is 2.58. The van der Waals surface area contributed by atoms with Crippen LogP contribution in [0.4, 0.5) is 4.39 Å². The Morgan fingerprint density at radius 2 is 2.12 bits per heavy atom. The SMILES string of the molecule is CC1C2C(c3nc4cc(F)c(Br)cc4n31)[C@H]2C. The molecule has 0 spiro atoms. The second-order valence-electron chi connectivity index (χ2n) is 5.30. The van der Waals surface area contributed by atoms with Crippen molar-refractivity contribution in [2.75, 3.05) is 0 Å². The number of aromatic nitrogens is 2. The van der Waals surface area contributed by atoms with E-state index in [1.54, 1.807) is 0 Å². The molecule has 0 bridgehead atoms. The zero-order valence-electron chi connectivity index (χ0n) is 9.61. The maximum absolute atomic E-state index is 13.5. The van der Waals surface area contributed by atoms with Crippen LogP contribution in [-0.4, -0.2) is 9.55 Å².